The largest absolute Gasteiger partial charge is 0.461 e. The molecule has 0 atom stereocenters. The Labute approximate surface area is 104 Å². The van der Waals surface area contributed by atoms with Crippen LogP contribution in [0.2, 0.25) is 0 Å². The first-order chi connectivity index (χ1) is 8.08. The molecule has 0 fully saturated rings. The molecule has 17 heavy (non-hydrogen) atoms. The van der Waals surface area contributed by atoms with E-state index in [9.17, 15) is 9.59 Å². The van der Waals surface area contributed by atoms with Crippen LogP contribution in [0, 0.1) is 4.51 Å². The standard InChI is InChI=1S/C11H13NO4S/c1-3-15-10(13)8-5-7(17)6-9(12-8)11(14)16-4-2/h5-6H,3-4H2,1-2H3,(H,12,17). The molecule has 1 heterocycles. The molecule has 0 saturated carbocycles. The number of hydrogen-bond acceptors (Lipinski definition) is 5. The molecule has 1 aromatic rings. The fraction of sp³-hybridized carbons (Fsp3) is 0.364. The van der Waals surface area contributed by atoms with Crippen LogP contribution in [0.15, 0.2) is 12.1 Å². The molecule has 0 amide bonds. The minimum atomic E-state index is -0.551. The maximum Gasteiger partial charge on any atom is 0.354 e. The van der Waals surface area contributed by atoms with E-state index >= 15 is 0 Å². The van der Waals surface area contributed by atoms with Crippen molar-refractivity contribution in [3.05, 3.63) is 28.0 Å². The predicted octanol–water partition coefficient (Wildman–Crippen LogP) is 2.10. The van der Waals surface area contributed by atoms with Crippen LogP contribution in [-0.4, -0.2) is 30.1 Å². The van der Waals surface area contributed by atoms with E-state index in [0.717, 1.165) is 0 Å². The molecule has 1 aromatic heterocycles. The molecule has 0 aliphatic carbocycles. The number of ether oxygens (including phenoxy) is 2. The lowest BCUT2D eigenvalue weighted by molar-refractivity contribution is 0.0511. The van der Waals surface area contributed by atoms with Gasteiger partial charge in [0.2, 0.25) is 0 Å². The van der Waals surface area contributed by atoms with Crippen LogP contribution >= 0.6 is 12.2 Å². The van der Waals surface area contributed by atoms with E-state index < -0.39 is 11.9 Å². The second kappa shape index (κ2) is 6.15. The van der Waals surface area contributed by atoms with E-state index in [4.69, 9.17) is 21.7 Å². The van der Waals surface area contributed by atoms with E-state index in [-0.39, 0.29) is 24.6 Å². The Bertz CT molecular complexity index is 441. The number of aromatic nitrogens is 1. The van der Waals surface area contributed by atoms with Gasteiger partial charge in [0.25, 0.3) is 0 Å². The number of carbonyl (C=O) groups excluding carboxylic acids is 2. The van der Waals surface area contributed by atoms with E-state index in [1.165, 1.54) is 12.1 Å². The topological polar surface area (TPSA) is 68.4 Å². The lowest BCUT2D eigenvalue weighted by Gasteiger charge is -2.05. The van der Waals surface area contributed by atoms with Crippen molar-refractivity contribution in [3.63, 3.8) is 0 Å². The van der Waals surface area contributed by atoms with Crippen molar-refractivity contribution in [2.45, 2.75) is 13.8 Å². The fourth-order valence-corrected chi connectivity index (χ4v) is 1.42. The van der Waals surface area contributed by atoms with Gasteiger partial charge in [0, 0.05) is 4.51 Å². The van der Waals surface area contributed by atoms with Crippen molar-refractivity contribution in [1.29, 1.82) is 0 Å². The summed E-state index contributed by atoms with van der Waals surface area (Å²) in [7, 11) is 0. The molecule has 1 rings (SSSR count). The molecule has 0 unspecified atom stereocenters. The number of esters is 2. The predicted molar refractivity (Wildman–Crippen MR) is 63.5 cm³/mol. The SMILES string of the molecule is CCOC(=O)c1cc(=S)cc(C(=O)OCC)[nH]1. The van der Waals surface area contributed by atoms with Crippen molar-refractivity contribution in [2.24, 2.45) is 0 Å². The van der Waals surface area contributed by atoms with Crippen LogP contribution in [0.3, 0.4) is 0 Å². The Morgan fingerprint density at radius 3 is 1.88 bits per heavy atom. The lowest BCUT2D eigenvalue weighted by Crippen LogP contribution is -2.12. The van der Waals surface area contributed by atoms with Gasteiger partial charge in [-0.15, -0.1) is 0 Å². The zero-order chi connectivity index (χ0) is 12.8. The van der Waals surface area contributed by atoms with E-state index in [1.54, 1.807) is 13.8 Å². The average Bonchev–Trinajstić information content (AvgIpc) is 2.29. The quantitative estimate of drug-likeness (QED) is 0.659. The third-order valence-corrected chi connectivity index (χ3v) is 2.07. The molecule has 1 N–H and O–H groups in total. The van der Waals surface area contributed by atoms with Crippen LogP contribution in [0.25, 0.3) is 0 Å². The van der Waals surface area contributed by atoms with Crippen LogP contribution in [0.5, 0.6) is 0 Å². The number of rotatable bonds is 4. The number of aromatic amines is 1. The van der Waals surface area contributed by atoms with Gasteiger partial charge in [-0.05, 0) is 26.0 Å². The third-order valence-electron chi connectivity index (χ3n) is 1.83. The van der Waals surface area contributed by atoms with Crippen molar-refractivity contribution in [3.8, 4) is 0 Å². The van der Waals surface area contributed by atoms with Crippen molar-refractivity contribution >= 4 is 24.2 Å². The first-order valence-corrected chi connectivity index (χ1v) is 5.58. The van der Waals surface area contributed by atoms with Crippen LogP contribution in [0.4, 0.5) is 0 Å². The Kier molecular flexibility index (Phi) is 4.84. The monoisotopic (exact) mass is 255 g/mol. The number of H-pyrrole nitrogens is 1. The molecule has 92 valence electrons. The minimum Gasteiger partial charge on any atom is -0.461 e. The summed E-state index contributed by atoms with van der Waals surface area (Å²) in [5, 5.41) is 0. The maximum absolute atomic E-state index is 11.5. The van der Waals surface area contributed by atoms with Gasteiger partial charge in [0.15, 0.2) is 0 Å². The molecule has 0 aliphatic rings. The number of pyridine rings is 1. The molecule has 0 spiro atoms. The van der Waals surface area contributed by atoms with E-state index in [1.807, 2.05) is 0 Å². The summed E-state index contributed by atoms with van der Waals surface area (Å²) < 4.78 is 9.99. The smallest absolute Gasteiger partial charge is 0.354 e. The molecule has 0 bridgehead atoms. The van der Waals surface area contributed by atoms with E-state index in [0.29, 0.717) is 4.51 Å². The highest BCUT2D eigenvalue weighted by Gasteiger charge is 2.12. The molecule has 6 heteroatoms. The summed E-state index contributed by atoms with van der Waals surface area (Å²) in [5.74, 6) is -1.10. The van der Waals surface area contributed by atoms with E-state index in [2.05, 4.69) is 4.98 Å². The van der Waals surface area contributed by atoms with Crippen LogP contribution in [0.1, 0.15) is 34.8 Å². The highest BCUT2D eigenvalue weighted by Crippen LogP contribution is 2.05. The number of hydrogen-bond donors (Lipinski definition) is 1. The van der Waals surface area contributed by atoms with Crippen LogP contribution in [-0.2, 0) is 9.47 Å². The summed E-state index contributed by atoms with van der Waals surface area (Å²) in [6.07, 6.45) is 0. The summed E-state index contributed by atoms with van der Waals surface area (Å²) in [6.45, 7) is 3.90. The summed E-state index contributed by atoms with van der Waals surface area (Å²) >= 11 is 4.96. The lowest BCUT2D eigenvalue weighted by atomic mass is 10.3. The van der Waals surface area contributed by atoms with Gasteiger partial charge in [-0.2, -0.15) is 0 Å². The Balaban J connectivity index is 3.06. The molecular formula is C11H13NO4S. The molecule has 0 aliphatic heterocycles. The highest BCUT2D eigenvalue weighted by molar-refractivity contribution is 7.71. The normalized spacial score (nSPS) is 9.76. The maximum atomic E-state index is 11.5. The number of nitrogens with one attached hydrogen (secondary N) is 1. The van der Waals surface area contributed by atoms with Gasteiger partial charge in [-0.1, -0.05) is 12.2 Å². The molecule has 0 saturated heterocycles. The third kappa shape index (κ3) is 3.67. The van der Waals surface area contributed by atoms with Crippen molar-refractivity contribution in [2.75, 3.05) is 13.2 Å². The molecule has 0 aromatic carbocycles. The molecule has 5 nitrogen and oxygen atoms in total. The minimum absolute atomic E-state index is 0.141. The zero-order valence-corrected chi connectivity index (χ0v) is 10.4. The van der Waals surface area contributed by atoms with Gasteiger partial charge in [-0.3, -0.25) is 0 Å². The average molecular weight is 255 g/mol. The second-order valence-corrected chi connectivity index (χ2v) is 3.56. The van der Waals surface area contributed by atoms with Gasteiger partial charge >= 0.3 is 11.9 Å². The fourth-order valence-electron chi connectivity index (χ4n) is 1.18. The van der Waals surface area contributed by atoms with Gasteiger partial charge in [0.1, 0.15) is 11.4 Å². The Morgan fingerprint density at radius 1 is 1.12 bits per heavy atom. The van der Waals surface area contributed by atoms with Gasteiger partial charge in [-0.25, -0.2) is 9.59 Å². The second-order valence-electron chi connectivity index (χ2n) is 3.08. The van der Waals surface area contributed by atoms with Crippen molar-refractivity contribution < 1.29 is 19.1 Å². The van der Waals surface area contributed by atoms with Gasteiger partial charge in [0.05, 0.1) is 13.2 Å². The molecule has 0 radical (unpaired) electrons. The summed E-state index contributed by atoms with van der Waals surface area (Å²) in [5.41, 5.74) is 0.282. The van der Waals surface area contributed by atoms with Crippen molar-refractivity contribution in [1.82, 2.24) is 4.98 Å². The Morgan fingerprint density at radius 2 is 1.53 bits per heavy atom. The first kappa shape index (κ1) is 13.4. The zero-order valence-electron chi connectivity index (χ0n) is 9.61. The molecular weight excluding hydrogens is 242 g/mol. The number of carbonyl (C=O) groups is 2. The summed E-state index contributed by atoms with van der Waals surface area (Å²) in [6, 6.07) is 2.88. The van der Waals surface area contributed by atoms with Crippen LogP contribution < -0.4 is 0 Å². The Hall–Kier alpha value is -1.69. The van der Waals surface area contributed by atoms with Gasteiger partial charge < -0.3 is 14.5 Å². The summed E-state index contributed by atoms with van der Waals surface area (Å²) in [4.78, 5) is 25.6. The first-order valence-electron chi connectivity index (χ1n) is 5.17. The highest BCUT2D eigenvalue weighted by atomic mass is 32.1.